The van der Waals surface area contributed by atoms with E-state index in [9.17, 15) is 0 Å². The lowest BCUT2D eigenvalue weighted by atomic mass is 10.0. The van der Waals surface area contributed by atoms with Crippen molar-refractivity contribution in [3.8, 4) is 0 Å². The van der Waals surface area contributed by atoms with Crippen LogP contribution in [0.5, 0.6) is 0 Å². The van der Waals surface area contributed by atoms with Crippen molar-refractivity contribution in [3.63, 3.8) is 0 Å². The van der Waals surface area contributed by atoms with Gasteiger partial charge in [-0.2, -0.15) is 0 Å². The molecule has 2 rings (SSSR count). The van der Waals surface area contributed by atoms with Crippen LogP contribution in [0.3, 0.4) is 0 Å². The second kappa shape index (κ2) is 7.22. The standard InChI is InChI=1S/C16H24N4/c1-3-9-20-10-8-18-16(20)12-15(19-17)11-14-6-4-13(2)5-7-14/h4-8,10,15,19H,3,9,11-12,17H2,1-2H3. The van der Waals surface area contributed by atoms with E-state index in [4.69, 9.17) is 5.84 Å². The van der Waals surface area contributed by atoms with E-state index in [1.54, 1.807) is 0 Å². The molecule has 0 amide bonds. The molecule has 0 saturated heterocycles. The number of nitrogens with one attached hydrogen (secondary N) is 1. The number of imidazole rings is 1. The average molecular weight is 272 g/mol. The minimum atomic E-state index is 0.204. The van der Waals surface area contributed by atoms with Crippen LogP contribution in [0, 0.1) is 6.92 Å². The molecule has 1 atom stereocenters. The number of hydrogen-bond acceptors (Lipinski definition) is 3. The molecule has 0 aliphatic heterocycles. The Kier molecular flexibility index (Phi) is 5.32. The summed E-state index contributed by atoms with van der Waals surface area (Å²) in [5.41, 5.74) is 5.50. The molecule has 1 aromatic heterocycles. The van der Waals surface area contributed by atoms with Crippen molar-refractivity contribution < 1.29 is 0 Å². The van der Waals surface area contributed by atoms with E-state index in [2.05, 4.69) is 53.1 Å². The number of aryl methyl sites for hydroxylation is 2. The normalized spacial score (nSPS) is 12.6. The number of nitrogens with two attached hydrogens (primary N) is 1. The molecule has 2 aromatic rings. The van der Waals surface area contributed by atoms with Gasteiger partial charge in [0.05, 0.1) is 0 Å². The molecule has 0 bridgehead atoms. The predicted octanol–water partition coefficient (Wildman–Crippen LogP) is 2.22. The van der Waals surface area contributed by atoms with Crippen molar-refractivity contribution in [1.29, 1.82) is 0 Å². The van der Waals surface area contributed by atoms with Crippen LogP contribution in [0.15, 0.2) is 36.7 Å². The van der Waals surface area contributed by atoms with Gasteiger partial charge in [-0.1, -0.05) is 36.8 Å². The van der Waals surface area contributed by atoms with E-state index in [1.807, 2.05) is 12.4 Å². The van der Waals surface area contributed by atoms with Gasteiger partial charge in [0.25, 0.3) is 0 Å². The summed E-state index contributed by atoms with van der Waals surface area (Å²) < 4.78 is 2.21. The van der Waals surface area contributed by atoms with Gasteiger partial charge in [-0.25, -0.2) is 4.98 Å². The van der Waals surface area contributed by atoms with Crippen LogP contribution in [0.25, 0.3) is 0 Å². The fourth-order valence-corrected chi connectivity index (χ4v) is 2.39. The van der Waals surface area contributed by atoms with Gasteiger partial charge in [0, 0.05) is 31.4 Å². The van der Waals surface area contributed by atoms with Crippen LogP contribution in [0.2, 0.25) is 0 Å². The lowest BCUT2D eigenvalue weighted by molar-refractivity contribution is 0.495. The largest absolute Gasteiger partial charge is 0.335 e. The summed E-state index contributed by atoms with van der Waals surface area (Å²) in [7, 11) is 0. The molecular formula is C16H24N4. The molecule has 4 heteroatoms. The first-order chi connectivity index (χ1) is 9.72. The highest BCUT2D eigenvalue weighted by atomic mass is 15.2. The minimum absolute atomic E-state index is 0.204. The highest BCUT2D eigenvalue weighted by molar-refractivity contribution is 5.22. The average Bonchev–Trinajstić information content (AvgIpc) is 2.88. The van der Waals surface area contributed by atoms with Crippen LogP contribution in [0.4, 0.5) is 0 Å². The number of benzene rings is 1. The van der Waals surface area contributed by atoms with E-state index in [0.717, 1.165) is 31.6 Å². The highest BCUT2D eigenvalue weighted by Crippen LogP contribution is 2.10. The molecule has 0 saturated carbocycles. The lowest BCUT2D eigenvalue weighted by Crippen LogP contribution is -2.39. The summed E-state index contributed by atoms with van der Waals surface area (Å²) in [5, 5.41) is 0. The minimum Gasteiger partial charge on any atom is -0.335 e. The second-order valence-corrected chi connectivity index (χ2v) is 5.29. The van der Waals surface area contributed by atoms with E-state index in [-0.39, 0.29) is 6.04 Å². The Morgan fingerprint density at radius 1 is 1.25 bits per heavy atom. The van der Waals surface area contributed by atoms with E-state index < -0.39 is 0 Å². The van der Waals surface area contributed by atoms with Gasteiger partial charge in [-0.3, -0.25) is 11.3 Å². The van der Waals surface area contributed by atoms with Crippen molar-refractivity contribution in [1.82, 2.24) is 15.0 Å². The summed E-state index contributed by atoms with van der Waals surface area (Å²) in [6.45, 7) is 5.29. The number of aromatic nitrogens is 2. The maximum atomic E-state index is 5.70. The Balaban J connectivity index is 2.01. The molecule has 20 heavy (non-hydrogen) atoms. The van der Waals surface area contributed by atoms with E-state index >= 15 is 0 Å². The van der Waals surface area contributed by atoms with Crippen LogP contribution < -0.4 is 11.3 Å². The van der Waals surface area contributed by atoms with Gasteiger partial charge >= 0.3 is 0 Å². The molecule has 108 valence electrons. The Morgan fingerprint density at radius 2 is 2.00 bits per heavy atom. The van der Waals surface area contributed by atoms with Gasteiger partial charge in [0.2, 0.25) is 0 Å². The van der Waals surface area contributed by atoms with E-state index in [0.29, 0.717) is 0 Å². The molecule has 4 nitrogen and oxygen atoms in total. The van der Waals surface area contributed by atoms with Crippen LogP contribution in [0.1, 0.15) is 30.3 Å². The summed E-state index contributed by atoms with van der Waals surface area (Å²) in [5.74, 6) is 6.80. The predicted molar refractivity (Wildman–Crippen MR) is 82.2 cm³/mol. The van der Waals surface area contributed by atoms with Crippen LogP contribution in [-0.2, 0) is 19.4 Å². The first-order valence-electron chi connectivity index (χ1n) is 7.24. The maximum Gasteiger partial charge on any atom is 0.110 e. The van der Waals surface area contributed by atoms with Gasteiger partial charge in [0.15, 0.2) is 0 Å². The zero-order valence-corrected chi connectivity index (χ0v) is 12.3. The molecule has 1 heterocycles. The zero-order valence-electron chi connectivity index (χ0n) is 12.3. The monoisotopic (exact) mass is 272 g/mol. The first kappa shape index (κ1) is 14.8. The van der Waals surface area contributed by atoms with Crippen molar-refractivity contribution in [2.75, 3.05) is 0 Å². The van der Waals surface area contributed by atoms with Crippen LogP contribution >= 0.6 is 0 Å². The zero-order chi connectivity index (χ0) is 14.4. The Bertz CT molecular complexity index is 516. The molecule has 0 aliphatic rings. The number of nitrogens with zero attached hydrogens (tertiary/aromatic N) is 2. The van der Waals surface area contributed by atoms with Crippen molar-refractivity contribution in [3.05, 3.63) is 53.6 Å². The Labute approximate surface area is 121 Å². The molecule has 1 unspecified atom stereocenters. The Morgan fingerprint density at radius 3 is 2.65 bits per heavy atom. The smallest absolute Gasteiger partial charge is 0.110 e. The van der Waals surface area contributed by atoms with Crippen LogP contribution in [-0.4, -0.2) is 15.6 Å². The summed E-state index contributed by atoms with van der Waals surface area (Å²) in [6.07, 6.45) is 6.78. The topological polar surface area (TPSA) is 55.9 Å². The fraction of sp³-hybridized carbons (Fsp3) is 0.438. The molecule has 0 spiro atoms. The number of rotatable bonds is 7. The summed E-state index contributed by atoms with van der Waals surface area (Å²) >= 11 is 0. The van der Waals surface area contributed by atoms with Crippen molar-refractivity contribution >= 4 is 0 Å². The molecule has 0 aliphatic carbocycles. The lowest BCUT2D eigenvalue weighted by Gasteiger charge is -2.16. The van der Waals surface area contributed by atoms with Gasteiger partial charge in [-0.05, 0) is 25.3 Å². The van der Waals surface area contributed by atoms with Gasteiger partial charge in [0.1, 0.15) is 5.82 Å². The molecule has 3 N–H and O–H groups in total. The Hall–Kier alpha value is -1.65. The van der Waals surface area contributed by atoms with E-state index in [1.165, 1.54) is 11.1 Å². The number of hydrazine groups is 1. The maximum absolute atomic E-state index is 5.70. The van der Waals surface area contributed by atoms with Gasteiger partial charge < -0.3 is 4.57 Å². The first-order valence-corrected chi connectivity index (χ1v) is 7.24. The quantitative estimate of drug-likeness (QED) is 0.600. The molecule has 0 radical (unpaired) electrons. The van der Waals surface area contributed by atoms with Gasteiger partial charge in [-0.15, -0.1) is 0 Å². The third-order valence-electron chi connectivity index (χ3n) is 3.53. The molecular weight excluding hydrogens is 248 g/mol. The van der Waals surface area contributed by atoms with Crippen molar-refractivity contribution in [2.24, 2.45) is 5.84 Å². The highest BCUT2D eigenvalue weighted by Gasteiger charge is 2.12. The third-order valence-corrected chi connectivity index (χ3v) is 3.53. The molecule has 1 aromatic carbocycles. The fourth-order valence-electron chi connectivity index (χ4n) is 2.39. The summed E-state index contributed by atoms with van der Waals surface area (Å²) in [6, 6.07) is 8.81. The second-order valence-electron chi connectivity index (χ2n) is 5.29. The number of hydrogen-bond donors (Lipinski definition) is 2. The third kappa shape index (κ3) is 3.92. The van der Waals surface area contributed by atoms with Crippen molar-refractivity contribution in [2.45, 2.75) is 45.7 Å². The SMILES string of the molecule is CCCn1ccnc1CC(Cc1ccc(C)cc1)NN. The summed E-state index contributed by atoms with van der Waals surface area (Å²) in [4.78, 5) is 4.45. The molecule has 0 fully saturated rings.